The highest BCUT2D eigenvalue weighted by Crippen LogP contribution is 2.16. The van der Waals surface area contributed by atoms with Crippen LogP contribution in [0.1, 0.15) is 18.4 Å². The monoisotopic (exact) mass is 226 g/mol. The fourth-order valence-electron chi connectivity index (χ4n) is 2.15. The molecule has 2 nitrogen and oxygen atoms in total. The predicted octanol–water partition coefficient (Wildman–Crippen LogP) is 1.89. The van der Waals surface area contributed by atoms with E-state index in [2.05, 4.69) is 4.90 Å². The summed E-state index contributed by atoms with van der Waals surface area (Å²) in [7, 11) is 0. The smallest absolute Gasteiger partial charge is 0.163 e. The first kappa shape index (κ1) is 11.5. The summed E-state index contributed by atoms with van der Waals surface area (Å²) in [5.74, 6) is -1.51. The second-order valence-electron chi connectivity index (χ2n) is 4.35. The third kappa shape index (κ3) is 2.57. The zero-order valence-electron chi connectivity index (χ0n) is 9.13. The Labute approximate surface area is 94.0 Å². The van der Waals surface area contributed by atoms with E-state index in [0.29, 0.717) is 12.1 Å². The van der Waals surface area contributed by atoms with Crippen molar-refractivity contribution in [1.82, 2.24) is 4.90 Å². The fraction of sp³-hybridized carbons (Fsp3) is 0.500. The van der Waals surface area contributed by atoms with Crippen LogP contribution in [0.15, 0.2) is 18.2 Å². The number of hydrogen-bond acceptors (Lipinski definition) is 2. The number of likely N-dealkylation sites (tertiary alicyclic amines) is 1. The van der Waals surface area contributed by atoms with Crippen molar-refractivity contribution in [3.63, 3.8) is 0 Å². The molecule has 1 aliphatic heterocycles. The third-order valence-corrected chi connectivity index (χ3v) is 2.97. The van der Waals surface area contributed by atoms with Gasteiger partial charge in [0.1, 0.15) is 0 Å². The minimum Gasteiger partial charge on any atom is -0.327 e. The van der Waals surface area contributed by atoms with Crippen LogP contribution >= 0.6 is 0 Å². The number of nitrogens with two attached hydrogens (primary N) is 1. The van der Waals surface area contributed by atoms with Crippen LogP contribution in [0.5, 0.6) is 0 Å². The Morgan fingerprint density at radius 3 is 2.94 bits per heavy atom. The van der Waals surface area contributed by atoms with Gasteiger partial charge < -0.3 is 5.73 Å². The van der Waals surface area contributed by atoms with E-state index in [1.54, 1.807) is 6.07 Å². The second kappa shape index (κ2) is 4.89. The van der Waals surface area contributed by atoms with E-state index in [9.17, 15) is 8.78 Å². The lowest BCUT2D eigenvalue weighted by atomic mass is 10.1. The molecular formula is C12H16F2N2. The summed E-state index contributed by atoms with van der Waals surface area (Å²) in [6.45, 7) is 2.11. The Bertz CT molecular complexity index is 368. The average molecular weight is 226 g/mol. The molecule has 0 spiro atoms. The van der Waals surface area contributed by atoms with E-state index in [-0.39, 0.29) is 6.04 Å². The van der Waals surface area contributed by atoms with Gasteiger partial charge in [0.2, 0.25) is 0 Å². The molecule has 0 saturated carbocycles. The average Bonchev–Trinajstić information content (AvgIpc) is 2.25. The van der Waals surface area contributed by atoms with Crippen molar-refractivity contribution in [2.45, 2.75) is 25.4 Å². The quantitative estimate of drug-likeness (QED) is 0.834. The van der Waals surface area contributed by atoms with E-state index in [1.807, 2.05) is 0 Å². The fourth-order valence-corrected chi connectivity index (χ4v) is 2.15. The number of hydrogen-bond donors (Lipinski definition) is 1. The number of piperidine rings is 1. The molecule has 1 aliphatic rings. The van der Waals surface area contributed by atoms with Crippen molar-refractivity contribution in [1.29, 1.82) is 0 Å². The van der Waals surface area contributed by atoms with Crippen molar-refractivity contribution < 1.29 is 8.78 Å². The number of benzene rings is 1. The van der Waals surface area contributed by atoms with Crippen molar-refractivity contribution in [3.8, 4) is 0 Å². The van der Waals surface area contributed by atoms with Crippen molar-refractivity contribution in [3.05, 3.63) is 35.4 Å². The summed E-state index contributed by atoms with van der Waals surface area (Å²) in [6.07, 6.45) is 2.04. The van der Waals surface area contributed by atoms with E-state index >= 15 is 0 Å². The molecule has 88 valence electrons. The number of nitrogens with zero attached hydrogens (tertiary/aromatic N) is 1. The van der Waals surface area contributed by atoms with E-state index < -0.39 is 11.6 Å². The van der Waals surface area contributed by atoms with Crippen LogP contribution in [0.25, 0.3) is 0 Å². The lowest BCUT2D eigenvalue weighted by molar-refractivity contribution is 0.198. The summed E-state index contributed by atoms with van der Waals surface area (Å²) in [5, 5.41) is 0. The molecule has 1 atom stereocenters. The van der Waals surface area contributed by atoms with Gasteiger partial charge in [-0.05, 0) is 25.5 Å². The Morgan fingerprint density at radius 2 is 2.19 bits per heavy atom. The Morgan fingerprint density at radius 1 is 1.38 bits per heavy atom. The Hall–Kier alpha value is -1.00. The summed E-state index contributed by atoms with van der Waals surface area (Å²) in [6, 6.07) is 4.46. The molecular weight excluding hydrogens is 210 g/mol. The molecule has 2 N–H and O–H groups in total. The lowest BCUT2D eigenvalue weighted by Gasteiger charge is -2.30. The maximum absolute atomic E-state index is 13.4. The maximum Gasteiger partial charge on any atom is 0.163 e. The largest absolute Gasteiger partial charge is 0.327 e. The van der Waals surface area contributed by atoms with Crippen molar-refractivity contribution in [2.75, 3.05) is 13.1 Å². The van der Waals surface area contributed by atoms with Gasteiger partial charge in [0.15, 0.2) is 11.6 Å². The molecule has 1 heterocycles. The van der Waals surface area contributed by atoms with E-state index in [4.69, 9.17) is 5.73 Å². The number of rotatable bonds is 2. The molecule has 0 bridgehead atoms. The van der Waals surface area contributed by atoms with Crippen LogP contribution in [-0.2, 0) is 6.54 Å². The molecule has 16 heavy (non-hydrogen) atoms. The topological polar surface area (TPSA) is 29.3 Å². The van der Waals surface area contributed by atoms with E-state index in [0.717, 1.165) is 32.0 Å². The summed E-state index contributed by atoms with van der Waals surface area (Å²) < 4.78 is 26.4. The molecule has 1 fully saturated rings. The van der Waals surface area contributed by atoms with E-state index in [1.165, 1.54) is 6.07 Å². The van der Waals surface area contributed by atoms with Gasteiger partial charge in [-0.15, -0.1) is 0 Å². The first-order chi connectivity index (χ1) is 7.66. The van der Waals surface area contributed by atoms with Gasteiger partial charge in [0.25, 0.3) is 0 Å². The highest BCUT2D eigenvalue weighted by Gasteiger charge is 2.18. The molecule has 1 unspecified atom stereocenters. The highest BCUT2D eigenvalue weighted by atomic mass is 19.2. The first-order valence-electron chi connectivity index (χ1n) is 5.57. The van der Waals surface area contributed by atoms with Crippen LogP contribution in [0.3, 0.4) is 0 Å². The SMILES string of the molecule is NC1CCCN(Cc2cccc(F)c2F)C1. The van der Waals surface area contributed by atoms with Crippen LogP contribution in [0.2, 0.25) is 0 Å². The lowest BCUT2D eigenvalue weighted by Crippen LogP contribution is -2.42. The van der Waals surface area contributed by atoms with Crippen LogP contribution < -0.4 is 5.73 Å². The van der Waals surface area contributed by atoms with Crippen molar-refractivity contribution in [2.24, 2.45) is 5.73 Å². The minimum absolute atomic E-state index is 0.158. The van der Waals surface area contributed by atoms with Gasteiger partial charge >= 0.3 is 0 Å². The van der Waals surface area contributed by atoms with Gasteiger partial charge in [-0.25, -0.2) is 8.78 Å². The summed E-state index contributed by atoms with van der Waals surface area (Å²) in [5.41, 5.74) is 6.25. The van der Waals surface area contributed by atoms with Crippen LogP contribution in [-0.4, -0.2) is 24.0 Å². The standard InChI is InChI=1S/C12H16F2N2/c13-11-5-1-3-9(12(11)14)7-16-6-2-4-10(15)8-16/h1,3,5,10H,2,4,6-8,15H2. The first-order valence-corrected chi connectivity index (χ1v) is 5.57. The summed E-state index contributed by atoms with van der Waals surface area (Å²) in [4.78, 5) is 2.08. The summed E-state index contributed by atoms with van der Waals surface area (Å²) >= 11 is 0. The molecule has 0 radical (unpaired) electrons. The predicted molar refractivity (Wildman–Crippen MR) is 58.8 cm³/mol. The van der Waals surface area contributed by atoms with Gasteiger partial charge in [-0.1, -0.05) is 12.1 Å². The minimum atomic E-state index is -0.779. The third-order valence-electron chi connectivity index (χ3n) is 2.97. The maximum atomic E-state index is 13.4. The Kier molecular flexibility index (Phi) is 3.51. The Balaban J connectivity index is 2.05. The van der Waals surface area contributed by atoms with Crippen molar-refractivity contribution >= 4 is 0 Å². The highest BCUT2D eigenvalue weighted by molar-refractivity contribution is 5.18. The zero-order chi connectivity index (χ0) is 11.5. The van der Waals surface area contributed by atoms with Crippen LogP contribution in [0.4, 0.5) is 8.78 Å². The molecule has 0 amide bonds. The second-order valence-corrected chi connectivity index (χ2v) is 4.35. The zero-order valence-corrected chi connectivity index (χ0v) is 9.13. The van der Waals surface area contributed by atoms with Gasteiger partial charge in [-0.3, -0.25) is 4.90 Å². The normalized spacial score (nSPS) is 22.3. The van der Waals surface area contributed by atoms with Gasteiger partial charge in [-0.2, -0.15) is 0 Å². The molecule has 0 aliphatic carbocycles. The number of halogens is 2. The molecule has 2 rings (SSSR count). The van der Waals surface area contributed by atoms with Gasteiger partial charge in [0.05, 0.1) is 0 Å². The molecule has 1 aromatic rings. The molecule has 1 aromatic carbocycles. The van der Waals surface area contributed by atoms with Gasteiger partial charge in [0, 0.05) is 24.7 Å². The molecule has 0 aromatic heterocycles. The molecule has 4 heteroatoms. The van der Waals surface area contributed by atoms with Crippen LogP contribution in [0, 0.1) is 11.6 Å². The molecule has 1 saturated heterocycles.